The number of anilines is 1. The molecule has 4 rings (SSSR count). The van der Waals surface area contributed by atoms with Gasteiger partial charge in [0.2, 0.25) is 0 Å². The van der Waals surface area contributed by atoms with Gasteiger partial charge in [0, 0.05) is 37.8 Å². The largest absolute Gasteiger partial charge is 0.397 e. The predicted octanol–water partition coefficient (Wildman–Crippen LogP) is 1.29. The number of hydrogen-bond acceptors (Lipinski definition) is 5. The fourth-order valence-electron chi connectivity index (χ4n) is 4.36. The van der Waals surface area contributed by atoms with E-state index in [0.29, 0.717) is 12.3 Å². The first kappa shape index (κ1) is 14.4. The van der Waals surface area contributed by atoms with Crippen LogP contribution in [0.3, 0.4) is 0 Å². The van der Waals surface area contributed by atoms with Gasteiger partial charge in [-0.15, -0.1) is 0 Å². The minimum atomic E-state index is -4.39. The molecule has 3 aliphatic rings. The fourth-order valence-corrected chi connectivity index (χ4v) is 4.91. The van der Waals surface area contributed by atoms with Gasteiger partial charge in [0.15, 0.2) is 0 Å². The van der Waals surface area contributed by atoms with Crippen molar-refractivity contribution in [3.63, 3.8) is 0 Å². The lowest BCUT2D eigenvalue weighted by Gasteiger charge is -2.40. The van der Waals surface area contributed by atoms with Crippen LogP contribution < -0.4 is 10.2 Å². The SMILES string of the molecule is O=S(=O)(O)OC1CC[C@@H]2c3cccc4c3N(CCNC4)C[C@H]12. The highest BCUT2D eigenvalue weighted by atomic mass is 32.3. The minimum Gasteiger partial charge on any atom is -0.369 e. The molecule has 0 spiro atoms. The van der Waals surface area contributed by atoms with Crippen LogP contribution in [0.1, 0.15) is 29.9 Å². The van der Waals surface area contributed by atoms with Crippen molar-refractivity contribution in [2.45, 2.75) is 31.4 Å². The molecule has 2 aliphatic heterocycles. The second kappa shape index (κ2) is 5.19. The predicted molar refractivity (Wildman–Crippen MR) is 82.2 cm³/mol. The maximum absolute atomic E-state index is 11.1. The van der Waals surface area contributed by atoms with Crippen molar-refractivity contribution in [2.24, 2.45) is 5.92 Å². The Bertz CT molecular complexity index is 691. The summed E-state index contributed by atoms with van der Waals surface area (Å²) in [4.78, 5) is 2.34. The summed E-state index contributed by atoms with van der Waals surface area (Å²) in [5, 5.41) is 3.43. The monoisotopic (exact) mass is 324 g/mol. The van der Waals surface area contributed by atoms with E-state index in [2.05, 4.69) is 28.4 Å². The number of hydrogen-bond donors (Lipinski definition) is 2. The topological polar surface area (TPSA) is 78.9 Å². The van der Waals surface area contributed by atoms with E-state index in [1.54, 1.807) is 0 Å². The van der Waals surface area contributed by atoms with Gasteiger partial charge >= 0.3 is 10.4 Å². The van der Waals surface area contributed by atoms with Crippen LogP contribution in [0.2, 0.25) is 0 Å². The molecule has 0 saturated heterocycles. The van der Waals surface area contributed by atoms with E-state index in [-0.39, 0.29) is 5.92 Å². The van der Waals surface area contributed by atoms with Gasteiger partial charge in [-0.25, -0.2) is 4.18 Å². The summed E-state index contributed by atoms with van der Waals surface area (Å²) in [5.41, 5.74) is 3.94. The first-order chi connectivity index (χ1) is 10.5. The van der Waals surface area contributed by atoms with Crippen molar-refractivity contribution in [2.75, 3.05) is 24.5 Å². The number of nitrogens with zero attached hydrogens (tertiary/aromatic N) is 1. The third-order valence-electron chi connectivity index (χ3n) is 5.17. The Hall–Kier alpha value is -1.15. The summed E-state index contributed by atoms with van der Waals surface area (Å²) < 4.78 is 36.1. The molecule has 1 aromatic carbocycles. The lowest BCUT2D eigenvalue weighted by Crippen LogP contribution is -2.42. The van der Waals surface area contributed by atoms with Crippen LogP contribution in [0.25, 0.3) is 0 Å². The van der Waals surface area contributed by atoms with Crippen LogP contribution in [0.15, 0.2) is 18.2 Å². The third-order valence-corrected chi connectivity index (χ3v) is 5.66. The van der Waals surface area contributed by atoms with Crippen LogP contribution >= 0.6 is 0 Å². The van der Waals surface area contributed by atoms with Gasteiger partial charge in [0.25, 0.3) is 0 Å². The Kier molecular flexibility index (Phi) is 3.41. The minimum absolute atomic E-state index is 0.114. The van der Waals surface area contributed by atoms with Gasteiger partial charge in [-0.3, -0.25) is 4.55 Å². The Balaban J connectivity index is 1.72. The highest BCUT2D eigenvalue weighted by molar-refractivity contribution is 7.80. The van der Waals surface area contributed by atoms with E-state index >= 15 is 0 Å². The molecule has 1 fully saturated rings. The van der Waals surface area contributed by atoms with Crippen LogP contribution in [-0.4, -0.2) is 38.7 Å². The molecule has 0 radical (unpaired) electrons. The fraction of sp³-hybridized carbons (Fsp3) is 0.600. The Labute approximate surface area is 130 Å². The van der Waals surface area contributed by atoms with Crippen LogP contribution in [0.5, 0.6) is 0 Å². The average Bonchev–Trinajstić information content (AvgIpc) is 2.72. The summed E-state index contributed by atoms with van der Waals surface area (Å²) in [6, 6.07) is 6.40. The summed E-state index contributed by atoms with van der Waals surface area (Å²) in [6.07, 6.45) is 1.15. The molecule has 1 aliphatic carbocycles. The first-order valence-corrected chi connectivity index (χ1v) is 9.12. The number of rotatable bonds is 2. The van der Waals surface area contributed by atoms with Crippen molar-refractivity contribution in [1.82, 2.24) is 5.32 Å². The van der Waals surface area contributed by atoms with Crippen molar-refractivity contribution >= 4 is 16.1 Å². The number of para-hydroxylation sites is 1. The van der Waals surface area contributed by atoms with E-state index < -0.39 is 16.5 Å². The molecule has 120 valence electrons. The van der Waals surface area contributed by atoms with Gasteiger partial charge in [0.1, 0.15) is 0 Å². The lowest BCUT2D eigenvalue weighted by atomic mass is 9.82. The highest BCUT2D eigenvalue weighted by Gasteiger charge is 2.45. The molecule has 2 N–H and O–H groups in total. The zero-order valence-electron chi connectivity index (χ0n) is 12.2. The quantitative estimate of drug-likeness (QED) is 0.798. The van der Waals surface area contributed by atoms with Crippen molar-refractivity contribution in [1.29, 1.82) is 0 Å². The zero-order chi connectivity index (χ0) is 15.3. The van der Waals surface area contributed by atoms with Gasteiger partial charge in [-0.05, 0) is 29.9 Å². The van der Waals surface area contributed by atoms with E-state index in [4.69, 9.17) is 8.74 Å². The standard InChI is InChI=1S/C15H20N2O4S/c18-22(19,20)21-14-5-4-11-12-3-1-2-10-8-16-6-7-17(15(10)12)9-13(11)14/h1-3,11,13-14,16H,4-9H2,(H,18,19,20)/t11-,13+,14?/m1/s1. The molecule has 1 unspecified atom stereocenters. The average molecular weight is 324 g/mol. The van der Waals surface area contributed by atoms with Crippen molar-refractivity contribution < 1.29 is 17.2 Å². The van der Waals surface area contributed by atoms with Crippen LogP contribution in [0.4, 0.5) is 5.69 Å². The molecule has 22 heavy (non-hydrogen) atoms. The van der Waals surface area contributed by atoms with E-state index in [1.807, 2.05) is 0 Å². The molecule has 0 amide bonds. The van der Waals surface area contributed by atoms with Crippen molar-refractivity contribution in [3.05, 3.63) is 29.3 Å². The molecule has 3 atom stereocenters. The van der Waals surface area contributed by atoms with Gasteiger partial charge in [-0.2, -0.15) is 8.42 Å². The first-order valence-electron chi connectivity index (χ1n) is 7.76. The summed E-state index contributed by atoms with van der Waals surface area (Å²) in [5.74, 6) is 0.429. The number of nitrogens with one attached hydrogen (secondary N) is 1. The summed E-state index contributed by atoms with van der Waals surface area (Å²) in [7, 11) is -4.39. The van der Waals surface area contributed by atoms with Crippen LogP contribution in [0, 0.1) is 5.92 Å². The van der Waals surface area contributed by atoms with Gasteiger partial charge in [-0.1, -0.05) is 18.2 Å². The summed E-state index contributed by atoms with van der Waals surface area (Å²) >= 11 is 0. The van der Waals surface area contributed by atoms with Gasteiger partial charge in [0.05, 0.1) is 6.10 Å². The smallest absolute Gasteiger partial charge is 0.369 e. The van der Waals surface area contributed by atoms with E-state index in [9.17, 15) is 8.42 Å². The zero-order valence-corrected chi connectivity index (χ0v) is 13.1. The molecule has 7 heteroatoms. The third kappa shape index (κ3) is 2.42. The molecule has 2 heterocycles. The molecule has 1 aromatic rings. The number of benzene rings is 1. The molecule has 1 saturated carbocycles. The second-order valence-corrected chi connectivity index (χ2v) is 7.44. The maximum Gasteiger partial charge on any atom is 0.397 e. The summed E-state index contributed by atoms with van der Waals surface area (Å²) in [6.45, 7) is 3.49. The van der Waals surface area contributed by atoms with Gasteiger partial charge < -0.3 is 10.2 Å². The Morgan fingerprint density at radius 2 is 2.18 bits per heavy atom. The molecule has 0 bridgehead atoms. The lowest BCUT2D eigenvalue weighted by molar-refractivity contribution is 0.140. The van der Waals surface area contributed by atoms with Crippen LogP contribution in [-0.2, 0) is 21.1 Å². The molecular formula is C15H20N2O4S. The Morgan fingerprint density at radius 3 is 3.00 bits per heavy atom. The Morgan fingerprint density at radius 1 is 1.32 bits per heavy atom. The maximum atomic E-state index is 11.1. The van der Waals surface area contributed by atoms with Crippen molar-refractivity contribution in [3.8, 4) is 0 Å². The number of fused-ring (bicyclic) bond motifs is 2. The van der Waals surface area contributed by atoms with E-state index in [0.717, 1.165) is 32.6 Å². The van der Waals surface area contributed by atoms with E-state index in [1.165, 1.54) is 16.8 Å². The molecule has 6 nitrogen and oxygen atoms in total. The second-order valence-electron chi connectivity index (χ2n) is 6.39. The highest BCUT2D eigenvalue weighted by Crippen LogP contribution is 2.50. The molecule has 0 aromatic heterocycles. The normalized spacial score (nSPS) is 30.6. The molecular weight excluding hydrogens is 304 g/mol.